The summed E-state index contributed by atoms with van der Waals surface area (Å²) in [5.41, 5.74) is 5.71. The molecule has 0 radical (unpaired) electrons. The Morgan fingerprint density at radius 3 is 2.82 bits per heavy atom. The fourth-order valence-electron chi connectivity index (χ4n) is 0.767. The van der Waals surface area contributed by atoms with Crippen LogP contribution in [0.3, 0.4) is 0 Å². The van der Waals surface area contributed by atoms with Crippen LogP contribution in [0, 0.1) is 5.41 Å². The van der Waals surface area contributed by atoms with E-state index in [0.29, 0.717) is 9.88 Å². The molecule has 0 amide bonds. The molecule has 0 aliphatic rings. The first-order valence-corrected chi connectivity index (χ1v) is 4.98. The van der Waals surface area contributed by atoms with Gasteiger partial charge in [0.05, 0.1) is 0 Å². The first-order valence-electron chi connectivity index (χ1n) is 3.90. The van der Waals surface area contributed by atoms with Crippen molar-refractivity contribution in [1.82, 2.24) is 5.32 Å². The van der Waals surface area contributed by atoms with Crippen molar-refractivity contribution in [3.63, 3.8) is 0 Å². The van der Waals surface area contributed by atoms with E-state index in [1.54, 1.807) is 0 Å². The molecule has 4 N–H and O–H groups in total. The average Bonchev–Trinajstić information content (AvgIpc) is 1.97. The molecular weight excluding hydrogens is 253 g/mol. The van der Waals surface area contributed by atoms with Crippen LogP contribution in [0.15, 0.2) is 0 Å². The van der Waals surface area contributed by atoms with Gasteiger partial charge >= 0.3 is 0 Å². The molecule has 0 saturated heterocycles. The summed E-state index contributed by atoms with van der Waals surface area (Å²) < 4.78 is 0.507. The topological polar surface area (TPSA) is 61.9 Å². The summed E-state index contributed by atoms with van der Waals surface area (Å²) in [5, 5.41) is 10.0. The van der Waals surface area contributed by atoms with E-state index in [9.17, 15) is 0 Å². The lowest BCUT2D eigenvalue weighted by atomic mass is 10.1. The Balaban J connectivity index is 3.08. The maximum absolute atomic E-state index is 7.07. The smallest absolute Gasteiger partial charge is 0.157 e. The normalized spacial score (nSPS) is 12.6. The van der Waals surface area contributed by atoms with Crippen molar-refractivity contribution in [2.24, 2.45) is 5.73 Å². The molecule has 0 bridgehead atoms. The predicted molar refractivity (Wildman–Crippen MR) is 57.2 cm³/mol. The second-order valence-corrected chi connectivity index (χ2v) is 3.63. The van der Waals surface area contributed by atoms with E-state index in [4.69, 9.17) is 11.1 Å². The molecule has 0 aromatic rings. The molecule has 0 heterocycles. The van der Waals surface area contributed by atoms with Gasteiger partial charge in [-0.3, -0.25) is 5.41 Å². The third-order valence-corrected chi connectivity index (χ3v) is 1.94. The largest absolute Gasteiger partial charge is 0.366 e. The molecule has 11 heavy (non-hydrogen) atoms. The molecule has 0 aliphatic carbocycles. The van der Waals surface area contributed by atoms with Crippen molar-refractivity contribution in [2.45, 2.75) is 32.2 Å². The van der Waals surface area contributed by atoms with Crippen LogP contribution in [-0.4, -0.2) is 16.4 Å². The van der Waals surface area contributed by atoms with Gasteiger partial charge in [0.15, 0.2) is 3.84 Å². The summed E-state index contributed by atoms with van der Waals surface area (Å²) >= 11 is 1.95. The van der Waals surface area contributed by atoms with Crippen LogP contribution < -0.4 is 11.1 Å². The third kappa shape index (κ3) is 8.06. The number of halogens is 1. The Hall–Kier alpha value is 0.160. The number of nitrogens with two attached hydrogens (primary N) is 1. The Morgan fingerprint density at radius 1 is 1.73 bits per heavy atom. The second kappa shape index (κ2) is 6.84. The maximum Gasteiger partial charge on any atom is 0.157 e. The van der Waals surface area contributed by atoms with Gasteiger partial charge in [-0.1, -0.05) is 6.92 Å². The molecule has 4 heteroatoms. The monoisotopic (exact) mass is 269 g/mol. The number of hydrogen-bond acceptors (Lipinski definition) is 2. The van der Waals surface area contributed by atoms with E-state index in [-0.39, 0.29) is 0 Å². The van der Waals surface area contributed by atoms with Gasteiger partial charge in [0.2, 0.25) is 0 Å². The van der Waals surface area contributed by atoms with Crippen LogP contribution in [0.2, 0.25) is 0 Å². The van der Waals surface area contributed by atoms with E-state index in [1.807, 2.05) is 22.6 Å². The molecule has 0 aromatic heterocycles. The zero-order valence-electron chi connectivity index (χ0n) is 6.86. The van der Waals surface area contributed by atoms with Crippen LogP contribution >= 0.6 is 22.6 Å². The van der Waals surface area contributed by atoms with E-state index >= 15 is 0 Å². The summed E-state index contributed by atoms with van der Waals surface area (Å²) in [6.07, 6.45) is 3.15. The molecule has 0 aliphatic heterocycles. The summed E-state index contributed by atoms with van der Waals surface area (Å²) in [7, 11) is 0. The minimum atomic E-state index is 0.334. The molecule has 0 rings (SSSR count). The molecule has 0 fully saturated rings. The second-order valence-electron chi connectivity index (χ2n) is 2.55. The molecule has 0 unspecified atom stereocenters. The van der Waals surface area contributed by atoms with Crippen LogP contribution in [-0.2, 0) is 0 Å². The summed E-state index contributed by atoms with van der Waals surface area (Å²) in [6.45, 7) is 2.97. The highest BCUT2D eigenvalue weighted by atomic mass is 127. The quantitative estimate of drug-likeness (QED) is 0.233. The Kier molecular flexibility index (Phi) is 6.94. The lowest BCUT2D eigenvalue weighted by Crippen LogP contribution is -2.23. The number of hydrogen-bond donors (Lipinski definition) is 3. The zero-order valence-corrected chi connectivity index (χ0v) is 9.02. The lowest BCUT2D eigenvalue weighted by molar-refractivity contribution is 0.564. The van der Waals surface area contributed by atoms with Crippen molar-refractivity contribution >= 4 is 26.4 Å². The van der Waals surface area contributed by atoms with Crippen molar-refractivity contribution in [1.29, 1.82) is 5.41 Å². The first kappa shape index (κ1) is 11.2. The van der Waals surface area contributed by atoms with Crippen LogP contribution in [0.4, 0.5) is 0 Å². The van der Waals surface area contributed by atoms with Gasteiger partial charge in [-0.25, -0.2) is 0 Å². The Morgan fingerprint density at radius 2 is 2.36 bits per heavy atom. The van der Waals surface area contributed by atoms with Crippen LogP contribution in [0.1, 0.15) is 26.2 Å². The molecule has 0 spiro atoms. The fourth-order valence-corrected chi connectivity index (χ4v) is 1.04. The number of nitrogens with one attached hydrogen (secondary N) is 2. The summed E-state index contributed by atoms with van der Waals surface area (Å²) in [6, 6.07) is 0.334. The highest BCUT2D eigenvalue weighted by molar-refractivity contribution is 14.1. The van der Waals surface area contributed by atoms with E-state index < -0.39 is 0 Å². The molecule has 0 aromatic carbocycles. The van der Waals surface area contributed by atoms with Crippen LogP contribution in [0.25, 0.3) is 0 Å². The van der Waals surface area contributed by atoms with Gasteiger partial charge in [0, 0.05) is 12.6 Å². The van der Waals surface area contributed by atoms with Crippen molar-refractivity contribution in [3.8, 4) is 0 Å². The summed E-state index contributed by atoms with van der Waals surface area (Å²) in [4.78, 5) is 0. The van der Waals surface area contributed by atoms with Crippen molar-refractivity contribution < 1.29 is 0 Å². The van der Waals surface area contributed by atoms with Crippen LogP contribution in [0.5, 0.6) is 0 Å². The standard InChI is InChI=1S/C7H16IN3/c1-2-6(9)4-3-5-11-7(8)10/h6H,2-5,9H2,1H3,(H2,10,11)/t6-/m0/s1. The van der Waals surface area contributed by atoms with Gasteiger partial charge in [-0.15, -0.1) is 0 Å². The van der Waals surface area contributed by atoms with Gasteiger partial charge in [-0.2, -0.15) is 0 Å². The molecule has 3 nitrogen and oxygen atoms in total. The Labute approximate surface area is 81.8 Å². The van der Waals surface area contributed by atoms with Gasteiger partial charge in [-0.05, 0) is 41.9 Å². The average molecular weight is 269 g/mol. The fraction of sp³-hybridized carbons (Fsp3) is 0.857. The first-order chi connectivity index (χ1) is 5.16. The van der Waals surface area contributed by atoms with Gasteiger partial charge in [0.1, 0.15) is 0 Å². The lowest BCUT2D eigenvalue weighted by Gasteiger charge is -2.07. The van der Waals surface area contributed by atoms with Gasteiger partial charge in [0.25, 0.3) is 0 Å². The molecule has 1 atom stereocenters. The Bertz CT molecular complexity index is 116. The maximum atomic E-state index is 7.07. The highest BCUT2D eigenvalue weighted by Crippen LogP contribution is 1.96. The molecular formula is C7H16IN3. The van der Waals surface area contributed by atoms with E-state index in [1.165, 1.54) is 0 Å². The van der Waals surface area contributed by atoms with E-state index in [2.05, 4.69) is 12.2 Å². The minimum absolute atomic E-state index is 0.334. The summed E-state index contributed by atoms with van der Waals surface area (Å²) in [5.74, 6) is 0. The minimum Gasteiger partial charge on any atom is -0.366 e. The van der Waals surface area contributed by atoms with E-state index in [0.717, 1.165) is 25.8 Å². The SMILES string of the molecule is CC[C@H](N)CCCNC(=N)I. The number of rotatable bonds is 5. The third-order valence-electron chi connectivity index (χ3n) is 1.56. The predicted octanol–water partition coefficient (Wildman–Crippen LogP) is 1.46. The van der Waals surface area contributed by atoms with Crippen molar-refractivity contribution in [3.05, 3.63) is 0 Å². The van der Waals surface area contributed by atoms with Crippen molar-refractivity contribution in [2.75, 3.05) is 6.54 Å². The zero-order chi connectivity index (χ0) is 8.69. The molecule has 0 saturated carbocycles. The van der Waals surface area contributed by atoms with Gasteiger partial charge < -0.3 is 11.1 Å². The number of amidine groups is 1. The molecule has 66 valence electrons. The highest BCUT2D eigenvalue weighted by Gasteiger charge is 1.97.